The number of halogens is 1. The number of likely N-dealkylation sites (N-methyl/N-ethyl adjacent to an activating group) is 1. The van der Waals surface area contributed by atoms with E-state index in [4.69, 9.17) is 4.98 Å². The summed E-state index contributed by atoms with van der Waals surface area (Å²) >= 11 is 1.62. The van der Waals surface area contributed by atoms with E-state index in [1.807, 2.05) is 19.1 Å². The lowest BCUT2D eigenvalue weighted by atomic mass is 10.1. The lowest BCUT2D eigenvalue weighted by molar-refractivity contribution is 0.313. The average Bonchev–Trinajstić information content (AvgIpc) is 3.14. The van der Waals surface area contributed by atoms with Gasteiger partial charge in [0.25, 0.3) is 0 Å². The van der Waals surface area contributed by atoms with E-state index in [1.54, 1.807) is 30.5 Å². The number of rotatable bonds is 6. The predicted molar refractivity (Wildman–Crippen MR) is 117 cm³/mol. The highest BCUT2D eigenvalue weighted by atomic mass is 32.1. The number of thiazole rings is 1. The second-order valence-electron chi connectivity index (χ2n) is 6.67. The van der Waals surface area contributed by atoms with E-state index < -0.39 is 0 Å². The molecule has 1 fully saturated rings. The molecule has 0 unspecified atom stereocenters. The van der Waals surface area contributed by atoms with Crippen molar-refractivity contribution in [2.45, 2.75) is 6.92 Å². The Morgan fingerprint density at radius 2 is 1.93 bits per heavy atom. The summed E-state index contributed by atoms with van der Waals surface area (Å²) in [6, 6.07) is 6.46. The Bertz CT molecular complexity index is 877. The van der Waals surface area contributed by atoms with Gasteiger partial charge in [-0.15, -0.1) is 0 Å². The molecule has 1 N–H and O–H groups in total. The van der Waals surface area contributed by atoms with Gasteiger partial charge in [0.1, 0.15) is 11.6 Å². The Labute approximate surface area is 169 Å². The molecule has 0 saturated carbocycles. The van der Waals surface area contributed by atoms with Gasteiger partial charge in [0.15, 0.2) is 5.13 Å². The van der Waals surface area contributed by atoms with E-state index in [9.17, 15) is 4.39 Å². The van der Waals surface area contributed by atoms with E-state index in [1.165, 1.54) is 12.1 Å². The molecule has 0 spiro atoms. The van der Waals surface area contributed by atoms with Crippen molar-refractivity contribution in [3.63, 3.8) is 0 Å². The lowest BCUT2D eigenvalue weighted by Gasteiger charge is -2.32. The smallest absolute Gasteiger partial charge is 0.186 e. The minimum Gasteiger partial charge on any atom is -0.374 e. The van der Waals surface area contributed by atoms with Crippen LogP contribution in [-0.4, -0.2) is 55.9 Å². The zero-order valence-electron chi connectivity index (χ0n) is 16.6. The number of nitrogens with zero attached hydrogens (tertiary/aromatic N) is 4. The number of nitrogens with one attached hydrogen (secondary N) is 1. The fourth-order valence-corrected chi connectivity index (χ4v) is 4.05. The standard InChI is InChI=1S/C21H26FN5S/c1-5-6-18(24-15(2)23-3)20-19(16-7-9-17(22)10-8-16)25-21(28-20)27-13-11-26(4)12-14-27/h5-10,23H,2,11-14H2,1,3-4H3/b6-5-,24-18+. The van der Waals surface area contributed by atoms with E-state index >= 15 is 0 Å². The van der Waals surface area contributed by atoms with Crippen molar-refractivity contribution in [2.75, 3.05) is 45.2 Å². The Hall–Kier alpha value is -2.51. The summed E-state index contributed by atoms with van der Waals surface area (Å²) < 4.78 is 13.4. The Morgan fingerprint density at radius 3 is 2.54 bits per heavy atom. The number of hydrogen-bond donors (Lipinski definition) is 1. The van der Waals surface area contributed by atoms with Crippen molar-refractivity contribution >= 4 is 22.2 Å². The van der Waals surface area contributed by atoms with Gasteiger partial charge in [0.2, 0.25) is 0 Å². The maximum absolute atomic E-state index is 13.4. The number of aromatic nitrogens is 1. The first-order valence-electron chi connectivity index (χ1n) is 9.30. The topological polar surface area (TPSA) is 43.8 Å². The van der Waals surface area contributed by atoms with Crippen LogP contribution in [0, 0.1) is 5.82 Å². The third-order valence-corrected chi connectivity index (χ3v) is 5.75. The lowest BCUT2D eigenvalue weighted by Crippen LogP contribution is -2.44. The molecule has 3 rings (SSSR count). The molecule has 2 heterocycles. The molecule has 148 valence electrons. The van der Waals surface area contributed by atoms with Crippen LogP contribution < -0.4 is 10.2 Å². The molecule has 0 amide bonds. The van der Waals surface area contributed by atoms with Gasteiger partial charge in [-0.25, -0.2) is 14.4 Å². The molecule has 2 aromatic rings. The summed E-state index contributed by atoms with van der Waals surface area (Å²) in [5.74, 6) is 0.318. The summed E-state index contributed by atoms with van der Waals surface area (Å²) in [6.07, 6.45) is 3.91. The fourth-order valence-electron chi connectivity index (χ4n) is 2.94. The molecule has 1 aromatic heterocycles. The largest absolute Gasteiger partial charge is 0.374 e. The zero-order chi connectivity index (χ0) is 20.1. The molecule has 1 saturated heterocycles. The third-order valence-electron chi connectivity index (χ3n) is 4.61. The Balaban J connectivity index is 2.08. The predicted octanol–water partition coefficient (Wildman–Crippen LogP) is 3.76. The van der Waals surface area contributed by atoms with E-state index in [0.717, 1.165) is 53.2 Å². The van der Waals surface area contributed by atoms with Crippen LogP contribution in [-0.2, 0) is 0 Å². The summed E-state index contributed by atoms with van der Waals surface area (Å²) in [5, 5.41) is 3.94. The van der Waals surface area contributed by atoms with Crippen molar-refractivity contribution in [3.05, 3.63) is 59.5 Å². The molecule has 0 radical (unpaired) electrons. The molecule has 1 aliphatic heterocycles. The monoisotopic (exact) mass is 399 g/mol. The molecule has 0 aliphatic carbocycles. The van der Waals surface area contributed by atoms with Crippen LogP contribution in [0.25, 0.3) is 11.3 Å². The number of aliphatic imine (C=N–C) groups is 1. The average molecular weight is 400 g/mol. The molecular formula is C21H26FN5S. The minimum absolute atomic E-state index is 0.259. The summed E-state index contributed by atoms with van der Waals surface area (Å²) in [7, 11) is 3.93. The molecule has 0 bridgehead atoms. The van der Waals surface area contributed by atoms with Crippen LogP contribution in [0.15, 0.2) is 53.8 Å². The number of piperazine rings is 1. The van der Waals surface area contributed by atoms with Gasteiger partial charge in [-0.1, -0.05) is 24.0 Å². The molecule has 28 heavy (non-hydrogen) atoms. The van der Waals surface area contributed by atoms with Crippen LogP contribution >= 0.6 is 11.3 Å². The van der Waals surface area contributed by atoms with Crippen molar-refractivity contribution in [1.29, 1.82) is 0 Å². The summed E-state index contributed by atoms with van der Waals surface area (Å²) in [4.78, 5) is 15.1. The van der Waals surface area contributed by atoms with Crippen LogP contribution in [0.2, 0.25) is 0 Å². The van der Waals surface area contributed by atoms with Gasteiger partial charge in [0, 0.05) is 38.8 Å². The van der Waals surface area contributed by atoms with E-state index in [0.29, 0.717) is 5.82 Å². The van der Waals surface area contributed by atoms with Gasteiger partial charge >= 0.3 is 0 Å². The number of benzene rings is 1. The van der Waals surface area contributed by atoms with E-state index in [2.05, 4.69) is 33.7 Å². The van der Waals surface area contributed by atoms with E-state index in [-0.39, 0.29) is 5.82 Å². The molecule has 7 heteroatoms. The first kappa shape index (κ1) is 20.2. The van der Waals surface area contributed by atoms with Gasteiger partial charge in [-0.05, 0) is 44.3 Å². The normalized spacial score (nSPS) is 16.0. The fraction of sp³-hybridized carbons (Fsp3) is 0.333. The molecular weight excluding hydrogens is 373 g/mol. The van der Waals surface area contributed by atoms with Crippen LogP contribution in [0.4, 0.5) is 9.52 Å². The molecule has 5 nitrogen and oxygen atoms in total. The van der Waals surface area contributed by atoms with Crippen LogP contribution in [0.1, 0.15) is 11.8 Å². The molecule has 1 aromatic carbocycles. The SMILES string of the molecule is C=C(/N=C(\C=C/C)c1sc(N2CCN(C)CC2)nc1-c1ccc(F)cc1)NC. The Kier molecular flexibility index (Phi) is 6.59. The number of allylic oxidation sites excluding steroid dienone is 2. The minimum atomic E-state index is -0.259. The first-order valence-corrected chi connectivity index (χ1v) is 10.1. The summed E-state index contributed by atoms with van der Waals surface area (Å²) in [6.45, 7) is 9.77. The van der Waals surface area contributed by atoms with Crippen LogP contribution in [0.5, 0.6) is 0 Å². The third kappa shape index (κ3) is 4.66. The highest BCUT2D eigenvalue weighted by Crippen LogP contribution is 2.34. The van der Waals surface area contributed by atoms with Gasteiger partial charge in [0.05, 0.1) is 16.3 Å². The van der Waals surface area contributed by atoms with Crippen molar-refractivity contribution < 1.29 is 4.39 Å². The van der Waals surface area contributed by atoms with Crippen LogP contribution in [0.3, 0.4) is 0 Å². The maximum Gasteiger partial charge on any atom is 0.186 e. The molecule has 0 atom stereocenters. The van der Waals surface area contributed by atoms with Gasteiger partial charge < -0.3 is 15.1 Å². The number of hydrogen-bond acceptors (Lipinski definition) is 6. The second-order valence-corrected chi connectivity index (χ2v) is 7.64. The highest BCUT2D eigenvalue weighted by Gasteiger charge is 2.22. The Morgan fingerprint density at radius 1 is 1.25 bits per heavy atom. The number of anilines is 1. The summed E-state index contributed by atoms with van der Waals surface area (Å²) in [5.41, 5.74) is 2.49. The quantitative estimate of drug-likeness (QED) is 0.752. The van der Waals surface area contributed by atoms with Gasteiger partial charge in [-0.2, -0.15) is 0 Å². The zero-order valence-corrected chi connectivity index (χ0v) is 17.4. The molecule has 1 aliphatic rings. The first-order chi connectivity index (χ1) is 13.5. The second kappa shape index (κ2) is 9.12. The highest BCUT2D eigenvalue weighted by molar-refractivity contribution is 7.18. The van der Waals surface area contributed by atoms with Gasteiger partial charge in [-0.3, -0.25) is 0 Å². The van der Waals surface area contributed by atoms with Crippen molar-refractivity contribution in [2.24, 2.45) is 4.99 Å². The maximum atomic E-state index is 13.4. The van der Waals surface area contributed by atoms with Crippen molar-refractivity contribution in [1.82, 2.24) is 15.2 Å². The van der Waals surface area contributed by atoms with Crippen molar-refractivity contribution in [3.8, 4) is 11.3 Å².